The highest BCUT2D eigenvalue weighted by atomic mass is 16.6. The molecule has 3 aromatic carbocycles. The molecule has 6 nitrogen and oxygen atoms in total. The van der Waals surface area contributed by atoms with Gasteiger partial charge in [0.05, 0.1) is 18.3 Å². The first-order valence-electron chi connectivity index (χ1n) is 11.1. The molecule has 0 radical (unpaired) electrons. The van der Waals surface area contributed by atoms with E-state index in [0.717, 1.165) is 22.5 Å². The first-order valence-corrected chi connectivity index (χ1v) is 11.1. The highest BCUT2D eigenvalue weighted by Crippen LogP contribution is 2.37. The van der Waals surface area contributed by atoms with Crippen LogP contribution in [0.4, 0.5) is 10.5 Å². The Kier molecular flexibility index (Phi) is 4.76. The van der Waals surface area contributed by atoms with Gasteiger partial charge in [-0.3, -0.25) is 0 Å². The lowest BCUT2D eigenvalue weighted by atomic mass is 10.0. The zero-order valence-corrected chi connectivity index (χ0v) is 18.0. The molecule has 2 aliphatic rings. The van der Waals surface area contributed by atoms with Gasteiger partial charge >= 0.3 is 6.03 Å². The molecule has 4 aromatic rings. The highest BCUT2D eigenvalue weighted by Gasteiger charge is 2.33. The molecule has 33 heavy (non-hydrogen) atoms. The fraction of sp³-hybridized carbons (Fsp3) is 0.148. The van der Waals surface area contributed by atoms with Crippen LogP contribution in [-0.2, 0) is 6.54 Å². The quantitative estimate of drug-likeness (QED) is 0.458. The second kappa shape index (κ2) is 8.06. The first kappa shape index (κ1) is 19.5. The summed E-state index contributed by atoms with van der Waals surface area (Å²) >= 11 is 0. The SMILES string of the molecule is O=C(Nc1ccc2c(c1)OCCO2)N1Cc2ccccc2-n2cccc2[C@@H]1c1ccccc1. The van der Waals surface area contributed by atoms with Crippen LogP contribution < -0.4 is 14.8 Å². The van der Waals surface area contributed by atoms with Crippen molar-refractivity contribution >= 4 is 11.7 Å². The fourth-order valence-corrected chi connectivity index (χ4v) is 4.64. The summed E-state index contributed by atoms with van der Waals surface area (Å²) in [4.78, 5) is 15.6. The Balaban J connectivity index is 1.41. The van der Waals surface area contributed by atoms with E-state index in [1.807, 2.05) is 59.5 Å². The lowest BCUT2D eigenvalue weighted by Gasteiger charge is -2.31. The van der Waals surface area contributed by atoms with Crippen molar-refractivity contribution in [3.05, 3.63) is 108 Å². The van der Waals surface area contributed by atoms with Crippen LogP contribution in [0.5, 0.6) is 11.5 Å². The standard InChI is InChI=1S/C27H23N3O3/c31-27(28-21-12-13-24-25(17-21)33-16-15-32-24)30-18-20-9-4-5-10-22(20)29-14-6-11-23(29)26(30)19-7-2-1-3-8-19/h1-14,17,26H,15-16,18H2,(H,28,31)/t26-/m0/s1. The number of benzene rings is 3. The van der Waals surface area contributed by atoms with E-state index in [0.29, 0.717) is 36.9 Å². The minimum atomic E-state index is -0.245. The molecular weight excluding hydrogens is 414 g/mol. The predicted molar refractivity (Wildman–Crippen MR) is 126 cm³/mol. The number of carbonyl (C=O) groups is 1. The Bertz CT molecular complexity index is 1320. The van der Waals surface area contributed by atoms with Crippen molar-refractivity contribution in [1.82, 2.24) is 9.47 Å². The van der Waals surface area contributed by atoms with Crippen LogP contribution in [0, 0.1) is 0 Å². The maximum atomic E-state index is 13.7. The average Bonchev–Trinajstić information content (AvgIpc) is 3.28. The molecule has 2 amide bonds. The third-order valence-corrected chi connectivity index (χ3v) is 6.13. The van der Waals surface area contributed by atoms with Gasteiger partial charge in [0.15, 0.2) is 11.5 Å². The molecule has 0 saturated carbocycles. The van der Waals surface area contributed by atoms with Crippen molar-refractivity contribution < 1.29 is 14.3 Å². The first-order chi connectivity index (χ1) is 16.3. The van der Waals surface area contributed by atoms with Gasteiger partial charge in [0, 0.05) is 23.6 Å². The minimum absolute atomic E-state index is 0.176. The summed E-state index contributed by atoms with van der Waals surface area (Å²) in [7, 11) is 0. The molecule has 1 N–H and O–H groups in total. The molecule has 0 aliphatic carbocycles. The molecule has 2 aliphatic heterocycles. The predicted octanol–water partition coefficient (Wildman–Crippen LogP) is 5.39. The minimum Gasteiger partial charge on any atom is -0.486 e. The Morgan fingerprint density at radius 1 is 0.848 bits per heavy atom. The normalized spacial score (nSPS) is 16.4. The fourth-order valence-electron chi connectivity index (χ4n) is 4.64. The summed E-state index contributed by atoms with van der Waals surface area (Å²) in [5.41, 5.74) is 4.95. The van der Waals surface area contributed by atoms with E-state index in [1.165, 1.54) is 0 Å². The van der Waals surface area contributed by atoms with Crippen LogP contribution >= 0.6 is 0 Å². The number of urea groups is 1. The molecule has 1 aromatic heterocycles. The monoisotopic (exact) mass is 437 g/mol. The van der Waals surface area contributed by atoms with E-state index in [1.54, 1.807) is 0 Å². The number of nitrogens with one attached hydrogen (secondary N) is 1. The molecule has 0 spiro atoms. The van der Waals surface area contributed by atoms with Crippen LogP contribution in [0.2, 0.25) is 0 Å². The number of anilines is 1. The second-order valence-electron chi connectivity index (χ2n) is 8.16. The van der Waals surface area contributed by atoms with Crippen molar-refractivity contribution in [2.75, 3.05) is 18.5 Å². The largest absolute Gasteiger partial charge is 0.486 e. The number of amides is 2. The molecular formula is C27H23N3O3. The number of para-hydroxylation sites is 1. The summed E-state index contributed by atoms with van der Waals surface area (Å²) in [5, 5.41) is 3.09. The van der Waals surface area contributed by atoms with E-state index >= 15 is 0 Å². The van der Waals surface area contributed by atoms with Crippen molar-refractivity contribution in [1.29, 1.82) is 0 Å². The zero-order chi connectivity index (χ0) is 22.2. The third-order valence-electron chi connectivity index (χ3n) is 6.13. The molecule has 3 heterocycles. The number of fused-ring (bicyclic) bond motifs is 4. The average molecular weight is 437 g/mol. The van der Waals surface area contributed by atoms with Crippen molar-refractivity contribution in [2.45, 2.75) is 12.6 Å². The summed E-state index contributed by atoms with van der Waals surface area (Å²) in [6.45, 7) is 1.51. The maximum Gasteiger partial charge on any atom is 0.322 e. The number of ether oxygens (including phenoxy) is 2. The molecule has 1 atom stereocenters. The Morgan fingerprint density at radius 3 is 2.52 bits per heavy atom. The van der Waals surface area contributed by atoms with Crippen molar-refractivity contribution in [3.8, 4) is 17.2 Å². The smallest absolute Gasteiger partial charge is 0.322 e. The summed E-state index contributed by atoms with van der Waals surface area (Å²) in [6.07, 6.45) is 2.06. The number of nitrogens with zero attached hydrogens (tertiary/aromatic N) is 2. The molecule has 0 saturated heterocycles. The van der Waals surface area contributed by atoms with E-state index < -0.39 is 0 Å². The van der Waals surface area contributed by atoms with Gasteiger partial charge in [0.25, 0.3) is 0 Å². The number of aromatic nitrogens is 1. The summed E-state index contributed by atoms with van der Waals surface area (Å²) in [5.74, 6) is 1.34. The lowest BCUT2D eigenvalue weighted by molar-refractivity contribution is 0.171. The second-order valence-corrected chi connectivity index (χ2v) is 8.16. The van der Waals surface area contributed by atoms with Gasteiger partial charge in [-0.15, -0.1) is 0 Å². The lowest BCUT2D eigenvalue weighted by Crippen LogP contribution is -2.37. The van der Waals surface area contributed by atoms with E-state index in [9.17, 15) is 4.79 Å². The van der Waals surface area contributed by atoms with Gasteiger partial charge in [0.1, 0.15) is 13.2 Å². The van der Waals surface area contributed by atoms with Gasteiger partial charge in [-0.2, -0.15) is 0 Å². The van der Waals surface area contributed by atoms with Crippen molar-refractivity contribution in [3.63, 3.8) is 0 Å². The van der Waals surface area contributed by atoms with Crippen LogP contribution in [0.3, 0.4) is 0 Å². The van der Waals surface area contributed by atoms with E-state index in [2.05, 4.69) is 46.4 Å². The number of hydrogen-bond acceptors (Lipinski definition) is 3. The molecule has 0 unspecified atom stereocenters. The zero-order valence-electron chi connectivity index (χ0n) is 18.0. The van der Waals surface area contributed by atoms with Gasteiger partial charge < -0.3 is 24.3 Å². The van der Waals surface area contributed by atoms with Gasteiger partial charge in [0.2, 0.25) is 0 Å². The number of hydrogen-bond donors (Lipinski definition) is 1. The summed E-state index contributed by atoms with van der Waals surface area (Å²) in [6, 6.07) is 27.6. The van der Waals surface area contributed by atoms with Crippen LogP contribution in [0.25, 0.3) is 5.69 Å². The molecule has 0 bridgehead atoms. The maximum absolute atomic E-state index is 13.7. The Labute approximate surface area is 192 Å². The van der Waals surface area contributed by atoms with E-state index in [4.69, 9.17) is 9.47 Å². The van der Waals surface area contributed by atoms with Gasteiger partial charge in [-0.05, 0) is 41.5 Å². The van der Waals surface area contributed by atoms with Crippen LogP contribution in [0.1, 0.15) is 22.9 Å². The summed E-state index contributed by atoms with van der Waals surface area (Å²) < 4.78 is 13.5. The van der Waals surface area contributed by atoms with E-state index in [-0.39, 0.29) is 12.1 Å². The van der Waals surface area contributed by atoms with Crippen molar-refractivity contribution in [2.24, 2.45) is 0 Å². The van der Waals surface area contributed by atoms with Gasteiger partial charge in [-0.25, -0.2) is 4.79 Å². The third kappa shape index (κ3) is 3.49. The highest BCUT2D eigenvalue weighted by molar-refractivity contribution is 5.90. The number of carbonyl (C=O) groups excluding carboxylic acids is 1. The van der Waals surface area contributed by atoms with Gasteiger partial charge in [-0.1, -0.05) is 48.5 Å². The van der Waals surface area contributed by atoms with Crippen LogP contribution in [0.15, 0.2) is 91.1 Å². The molecule has 0 fully saturated rings. The van der Waals surface area contributed by atoms with Crippen LogP contribution in [-0.4, -0.2) is 28.7 Å². The molecule has 164 valence electrons. The molecule has 6 rings (SSSR count). The topological polar surface area (TPSA) is 55.7 Å². The Hall–Kier alpha value is -4.19. The number of rotatable bonds is 2. The molecule has 6 heteroatoms. The Morgan fingerprint density at radius 2 is 1.64 bits per heavy atom.